The summed E-state index contributed by atoms with van der Waals surface area (Å²) in [6.45, 7) is 3.58. The highest BCUT2D eigenvalue weighted by molar-refractivity contribution is 5.89. The van der Waals surface area contributed by atoms with Gasteiger partial charge in [-0.1, -0.05) is 6.08 Å². The first-order valence-electron chi connectivity index (χ1n) is 9.22. The van der Waals surface area contributed by atoms with Crippen molar-refractivity contribution in [2.45, 2.75) is 31.8 Å². The number of carbonyl (C=O) groups is 3. The van der Waals surface area contributed by atoms with Gasteiger partial charge in [-0.25, -0.2) is 4.79 Å². The fourth-order valence-electron chi connectivity index (χ4n) is 3.14. The molecule has 3 rings (SSSR count). The Labute approximate surface area is 168 Å². The molecule has 4 unspecified atom stereocenters. The van der Waals surface area contributed by atoms with E-state index >= 15 is 0 Å². The molecule has 1 amide bonds. The summed E-state index contributed by atoms with van der Waals surface area (Å²) >= 11 is 0. The van der Waals surface area contributed by atoms with Gasteiger partial charge in [0.1, 0.15) is 6.10 Å². The Kier molecular flexibility index (Phi) is 7.46. The van der Waals surface area contributed by atoms with Crippen molar-refractivity contribution in [1.82, 2.24) is 0 Å². The number of carbonyl (C=O) groups excluding carboxylic acids is 3. The zero-order valence-corrected chi connectivity index (χ0v) is 16.1. The highest BCUT2D eigenvalue weighted by Crippen LogP contribution is 2.39. The van der Waals surface area contributed by atoms with Crippen LogP contribution in [0.15, 0.2) is 36.9 Å². The van der Waals surface area contributed by atoms with Crippen molar-refractivity contribution in [3.63, 3.8) is 0 Å². The molecular formula is C20H24N2O7. The molecule has 2 N–H and O–H groups in total. The molecule has 0 radical (unpaired) electrons. The number of rotatable bonds is 6. The van der Waals surface area contributed by atoms with Crippen LogP contribution in [0, 0.1) is 27.9 Å². The second-order valence-corrected chi connectivity index (χ2v) is 7.01. The molecule has 9 heteroatoms. The highest BCUT2D eigenvalue weighted by Gasteiger charge is 2.41. The first-order valence-corrected chi connectivity index (χ1v) is 9.22. The van der Waals surface area contributed by atoms with Gasteiger partial charge in [0.15, 0.2) is 0 Å². The van der Waals surface area contributed by atoms with Gasteiger partial charge in [0.25, 0.3) is 5.69 Å². The van der Waals surface area contributed by atoms with E-state index in [-0.39, 0.29) is 41.1 Å². The van der Waals surface area contributed by atoms with Gasteiger partial charge in [0, 0.05) is 18.1 Å². The number of allylic oxidation sites excluding steroid dienone is 1. The SMILES string of the molecule is C=CC1CC1C(=O)OC.NC(=O)C1CCC(OC(=O)c2ccc([N+](=O)[O-])cc2)C1. The molecule has 2 fully saturated rings. The van der Waals surface area contributed by atoms with Gasteiger partial charge in [-0.05, 0) is 43.7 Å². The summed E-state index contributed by atoms with van der Waals surface area (Å²) < 4.78 is 9.78. The number of nitrogens with two attached hydrogens (primary N) is 1. The quantitative estimate of drug-likeness (QED) is 0.332. The highest BCUT2D eigenvalue weighted by atomic mass is 16.6. The molecule has 29 heavy (non-hydrogen) atoms. The molecule has 0 bridgehead atoms. The molecule has 0 aliphatic heterocycles. The monoisotopic (exact) mass is 404 g/mol. The summed E-state index contributed by atoms with van der Waals surface area (Å²) in [5, 5.41) is 10.5. The number of nitro groups is 1. The van der Waals surface area contributed by atoms with Gasteiger partial charge in [-0.2, -0.15) is 0 Å². The Bertz CT molecular complexity index is 791. The van der Waals surface area contributed by atoms with Crippen molar-refractivity contribution >= 4 is 23.5 Å². The largest absolute Gasteiger partial charge is 0.469 e. The van der Waals surface area contributed by atoms with Crippen LogP contribution in [0.25, 0.3) is 0 Å². The number of non-ortho nitro benzene ring substituents is 1. The summed E-state index contributed by atoms with van der Waals surface area (Å²) in [7, 11) is 1.42. The molecule has 156 valence electrons. The summed E-state index contributed by atoms with van der Waals surface area (Å²) in [4.78, 5) is 43.5. The van der Waals surface area contributed by atoms with Gasteiger partial charge in [-0.15, -0.1) is 6.58 Å². The molecule has 0 spiro atoms. The average Bonchev–Trinajstić information content (AvgIpc) is 3.36. The van der Waals surface area contributed by atoms with Crippen molar-refractivity contribution in [3.8, 4) is 0 Å². The molecule has 2 saturated carbocycles. The van der Waals surface area contributed by atoms with Crippen LogP contribution < -0.4 is 5.73 Å². The molecule has 2 aliphatic rings. The number of benzene rings is 1. The Morgan fingerprint density at radius 3 is 2.31 bits per heavy atom. The molecular weight excluding hydrogens is 380 g/mol. The van der Waals surface area contributed by atoms with Gasteiger partial charge in [0.2, 0.25) is 5.91 Å². The molecule has 9 nitrogen and oxygen atoms in total. The standard InChI is InChI=1S/C13H14N2O5.C7H10O2/c14-12(16)9-3-6-11(7-9)20-13(17)8-1-4-10(5-2-8)15(18)19;1-3-5-4-6(5)7(8)9-2/h1-2,4-5,9,11H,3,6-7H2,(H2,14,16);3,5-6H,1,4H2,2H3. The van der Waals surface area contributed by atoms with E-state index in [0.717, 1.165) is 6.42 Å². The predicted octanol–water partition coefficient (Wildman–Crippen LogP) is 2.39. The Balaban J connectivity index is 0.000000278. The first kappa shape index (κ1) is 22.1. The minimum atomic E-state index is -0.546. The fraction of sp³-hybridized carbons (Fsp3) is 0.450. The fourth-order valence-corrected chi connectivity index (χ4v) is 3.14. The third kappa shape index (κ3) is 6.13. The molecule has 4 atom stereocenters. The number of methoxy groups -OCH3 is 1. The molecule has 1 aromatic rings. The van der Waals surface area contributed by atoms with E-state index in [9.17, 15) is 24.5 Å². The molecule has 2 aliphatic carbocycles. The third-order valence-corrected chi connectivity index (χ3v) is 5.02. The molecule has 0 heterocycles. The van der Waals surface area contributed by atoms with Crippen molar-refractivity contribution in [2.24, 2.45) is 23.5 Å². The van der Waals surface area contributed by atoms with Crippen molar-refractivity contribution in [3.05, 3.63) is 52.6 Å². The summed E-state index contributed by atoms with van der Waals surface area (Å²) in [5.41, 5.74) is 5.37. The minimum absolute atomic E-state index is 0.0868. The van der Waals surface area contributed by atoms with E-state index in [4.69, 9.17) is 10.5 Å². The van der Waals surface area contributed by atoms with Crippen LogP contribution in [0.2, 0.25) is 0 Å². The third-order valence-electron chi connectivity index (χ3n) is 5.02. The van der Waals surface area contributed by atoms with Crippen molar-refractivity contribution in [2.75, 3.05) is 7.11 Å². The number of esters is 2. The maximum atomic E-state index is 11.9. The first-order chi connectivity index (χ1) is 13.8. The van der Waals surface area contributed by atoms with Crippen LogP contribution >= 0.6 is 0 Å². The zero-order chi connectivity index (χ0) is 21.6. The topological polar surface area (TPSA) is 139 Å². The normalized spacial score (nSPS) is 24.4. The second kappa shape index (κ2) is 9.81. The number of nitrogens with zero attached hydrogens (tertiary/aromatic N) is 1. The molecule has 1 aromatic carbocycles. The van der Waals surface area contributed by atoms with Crippen molar-refractivity contribution < 1.29 is 28.8 Å². The van der Waals surface area contributed by atoms with E-state index in [1.54, 1.807) is 0 Å². The summed E-state index contributed by atoms with van der Waals surface area (Å²) in [5.74, 6) is -0.761. The maximum Gasteiger partial charge on any atom is 0.338 e. The number of hydrogen-bond acceptors (Lipinski definition) is 7. The number of nitro benzene ring substituents is 1. The smallest absolute Gasteiger partial charge is 0.338 e. The Morgan fingerprint density at radius 2 is 1.86 bits per heavy atom. The lowest BCUT2D eigenvalue weighted by Crippen LogP contribution is -2.22. The number of hydrogen-bond donors (Lipinski definition) is 1. The Hall–Kier alpha value is -3.23. The molecule has 0 aromatic heterocycles. The second-order valence-electron chi connectivity index (χ2n) is 7.01. The summed E-state index contributed by atoms with van der Waals surface area (Å²) in [6, 6.07) is 5.19. The van der Waals surface area contributed by atoms with E-state index in [1.807, 2.05) is 6.08 Å². The number of ether oxygens (including phenoxy) is 2. The van der Waals surface area contributed by atoms with Crippen LogP contribution in [0.3, 0.4) is 0 Å². The van der Waals surface area contributed by atoms with E-state index in [1.165, 1.54) is 31.4 Å². The van der Waals surface area contributed by atoms with Crippen LogP contribution in [0.1, 0.15) is 36.0 Å². The van der Waals surface area contributed by atoms with E-state index in [2.05, 4.69) is 11.3 Å². The maximum absolute atomic E-state index is 11.9. The number of primary amides is 1. The number of amides is 1. The van der Waals surface area contributed by atoms with Crippen LogP contribution in [0.4, 0.5) is 5.69 Å². The van der Waals surface area contributed by atoms with Crippen LogP contribution in [-0.4, -0.2) is 36.0 Å². The minimum Gasteiger partial charge on any atom is -0.469 e. The lowest BCUT2D eigenvalue weighted by Gasteiger charge is -2.11. The van der Waals surface area contributed by atoms with E-state index < -0.39 is 10.9 Å². The van der Waals surface area contributed by atoms with Crippen LogP contribution in [0.5, 0.6) is 0 Å². The molecule has 0 saturated heterocycles. The lowest BCUT2D eigenvalue weighted by molar-refractivity contribution is -0.384. The van der Waals surface area contributed by atoms with Gasteiger partial charge in [-0.3, -0.25) is 19.7 Å². The zero-order valence-electron chi connectivity index (χ0n) is 16.1. The average molecular weight is 404 g/mol. The Morgan fingerprint density at radius 1 is 1.21 bits per heavy atom. The lowest BCUT2D eigenvalue weighted by atomic mass is 10.1. The van der Waals surface area contributed by atoms with Gasteiger partial charge >= 0.3 is 11.9 Å². The predicted molar refractivity (Wildman–Crippen MR) is 103 cm³/mol. The van der Waals surface area contributed by atoms with Crippen LogP contribution in [-0.2, 0) is 19.1 Å². The van der Waals surface area contributed by atoms with Crippen molar-refractivity contribution in [1.29, 1.82) is 0 Å². The van der Waals surface area contributed by atoms with Gasteiger partial charge < -0.3 is 15.2 Å². The van der Waals surface area contributed by atoms with E-state index in [0.29, 0.717) is 25.2 Å². The van der Waals surface area contributed by atoms with Gasteiger partial charge in [0.05, 0.1) is 23.5 Å². The summed E-state index contributed by atoms with van der Waals surface area (Å²) in [6.07, 6.45) is 4.07.